The van der Waals surface area contributed by atoms with Crippen LogP contribution in [-0.4, -0.2) is 53.9 Å². The van der Waals surface area contributed by atoms with Gasteiger partial charge in [-0.05, 0) is 43.7 Å². The van der Waals surface area contributed by atoms with Gasteiger partial charge in [-0.1, -0.05) is 6.07 Å². The molecule has 0 amide bonds. The van der Waals surface area contributed by atoms with E-state index < -0.39 is 0 Å². The molecule has 2 saturated heterocycles. The average molecular weight is 384 g/mol. The fourth-order valence-corrected chi connectivity index (χ4v) is 5.26. The first-order valence-corrected chi connectivity index (χ1v) is 10.6. The molecule has 0 spiro atoms. The molecule has 2 fully saturated rings. The van der Waals surface area contributed by atoms with Crippen molar-refractivity contribution < 1.29 is 5.11 Å². The number of imidazole rings is 1. The number of piperidine rings is 1. The number of para-hydroxylation sites is 1. The summed E-state index contributed by atoms with van der Waals surface area (Å²) in [4.78, 5) is 8.54. The van der Waals surface area contributed by atoms with Crippen molar-refractivity contribution in [2.75, 3.05) is 44.2 Å². The second-order valence-corrected chi connectivity index (χ2v) is 8.39. The number of thiophene rings is 1. The van der Waals surface area contributed by atoms with Crippen LogP contribution in [0.3, 0.4) is 0 Å². The zero-order valence-corrected chi connectivity index (χ0v) is 16.1. The van der Waals surface area contributed by atoms with Crippen molar-refractivity contribution in [2.24, 2.45) is 0 Å². The number of hydrogen-bond donors (Lipinski definition) is 3. The van der Waals surface area contributed by atoms with Gasteiger partial charge in [-0.15, -0.1) is 11.3 Å². The summed E-state index contributed by atoms with van der Waals surface area (Å²) in [7, 11) is 0. The first-order valence-electron chi connectivity index (χ1n) is 9.78. The first kappa shape index (κ1) is 17.0. The molecule has 142 valence electrons. The van der Waals surface area contributed by atoms with E-state index in [2.05, 4.69) is 32.2 Å². The number of hydrogen-bond acceptors (Lipinski definition) is 6. The van der Waals surface area contributed by atoms with E-state index in [0.717, 1.165) is 69.0 Å². The van der Waals surface area contributed by atoms with E-state index in [1.54, 1.807) is 17.4 Å². The van der Waals surface area contributed by atoms with Gasteiger partial charge in [0.05, 0.1) is 15.4 Å². The maximum absolute atomic E-state index is 10.6. The number of aromatic hydroxyl groups is 1. The molecule has 0 bridgehead atoms. The molecule has 0 aliphatic carbocycles. The van der Waals surface area contributed by atoms with Crippen LogP contribution in [-0.2, 0) is 0 Å². The molecule has 1 aromatic carbocycles. The lowest BCUT2D eigenvalue weighted by Crippen LogP contribution is -2.43. The van der Waals surface area contributed by atoms with Crippen LogP contribution < -0.4 is 15.5 Å². The molecule has 6 nitrogen and oxygen atoms in total. The van der Waals surface area contributed by atoms with E-state index in [4.69, 9.17) is 4.98 Å². The number of aromatic nitrogens is 2. The normalized spacial score (nSPS) is 21.0. The minimum atomic E-state index is 0.315. The Morgan fingerprint density at radius 1 is 1.07 bits per heavy atom. The number of phenols is 1. The van der Waals surface area contributed by atoms with Crippen LogP contribution in [0.2, 0.25) is 0 Å². The third-order valence-corrected chi connectivity index (χ3v) is 6.71. The van der Waals surface area contributed by atoms with Gasteiger partial charge in [0.15, 0.2) is 5.82 Å². The summed E-state index contributed by atoms with van der Waals surface area (Å²) in [5.41, 5.74) is 1.73. The molecule has 27 heavy (non-hydrogen) atoms. The van der Waals surface area contributed by atoms with Crippen LogP contribution in [0.5, 0.6) is 5.75 Å². The molecule has 3 aromatic rings. The molecular formula is C20H25N5OS. The third-order valence-electron chi connectivity index (χ3n) is 5.57. The van der Waals surface area contributed by atoms with Crippen LogP contribution in [0.15, 0.2) is 30.3 Å². The molecule has 7 heteroatoms. The van der Waals surface area contributed by atoms with E-state index in [1.807, 2.05) is 12.1 Å². The van der Waals surface area contributed by atoms with Gasteiger partial charge in [-0.3, -0.25) is 0 Å². The summed E-state index contributed by atoms with van der Waals surface area (Å²) in [6.45, 7) is 6.15. The van der Waals surface area contributed by atoms with Gasteiger partial charge in [0, 0.05) is 38.8 Å². The lowest BCUT2D eigenvalue weighted by molar-refractivity contribution is 0.377. The summed E-state index contributed by atoms with van der Waals surface area (Å²) in [5, 5.41) is 18.8. The minimum absolute atomic E-state index is 0.315. The number of nitrogens with one attached hydrogen (secondary N) is 2. The van der Waals surface area contributed by atoms with Crippen LogP contribution in [0.25, 0.3) is 21.7 Å². The number of nitrogens with zero attached hydrogens (tertiary/aromatic N) is 3. The summed E-state index contributed by atoms with van der Waals surface area (Å²) in [5.74, 6) is 1.29. The van der Waals surface area contributed by atoms with Gasteiger partial charge in [-0.2, -0.15) is 0 Å². The average Bonchev–Trinajstić information content (AvgIpc) is 3.35. The van der Waals surface area contributed by atoms with Crippen LogP contribution >= 0.6 is 11.3 Å². The third kappa shape index (κ3) is 3.09. The fourth-order valence-electron chi connectivity index (χ4n) is 4.22. The highest BCUT2D eigenvalue weighted by molar-refractivity contribution is 7.19. The Morgan fingerprint density at radius 2 is 1.96 bits per heavy atom. The maximum Gasteiger partial charge on any atom is 0.151 e. The van der Waals surface area contributed by atoms with Gasteiger partial charge < -0.3 is 25.2 Å². The molecule has 1 atom stereocenters. The molecule has 0 saturated carbocycles. The van der Waals surface area contributed by atoms with Crippen molar-refractivity contribution in [3.8, 4) is 16.5 Å². The van der Waals surface area contributed by atoms with E-state index in [1.165, 1.54) is 9.88 Å². The van der Waals surface area contributed by atoms with Crippen LogP contribution in [0.4, 0.5) is 5.00 Å². The number of piperazine rings is 1. The molecule has 5 rings (SSSR count). The van der Waals surface area contributed by atoms with Gasteiger partial charge in [0.25, 0.3) is 0 Å². The second-order valence-electron chi connectivity index (χ2n) is 7.33. The first-order chi connectivity index (χ1) is 13.3. The van der Waals surface area contributed by atoms with Crippen molar-refractivity contribution in [3.05, 3.63) is 30.3 Å². The molecule has 2 aromatic heterocycles. The van der Waals surface area contributed by atoms with Gasteiger partial charge in [0.1, 0.15) is 11.3 Å². The summed E-state index contributed by atoms with van der Waals surface area (Å²) >= 11 is 1.80. The van der Waals surface area contributed by atoms with E-state index in [0.29, 0.717) is 11.8 Å². The predicted octanol–water partition coefficient (Wildman–Crippen LogP) is 2.80. The Balaban J connectivity index is 1.60. The molecule has 0 radical (unpaired) electrons. The maximum atomic E-state index is 10.6. The highest BCUT2D eigenvalue weighted by Gasteiger charge is 2.25. The van der Waals surface area contributed by atoms with Gasteiger partial charge in [0.2, 0.25) is 0 Å². The molecular weight excluding hydrogens is 358 g/mol. The number of fused-ring (bicyclic) bond motifs is 1. The highest BCUT2D eigenvalue weighted by atomic mass is 32.1. The lowest BCUT2D eigenvalue weighted by Gasteiger charge is -2.28. The van der Waals surface area contributed by atoms with Crippen LogP contribution in [0.1, 0.15) is 18.9 Å². The van der Waals surface area contributed by atoms with Crippen LogP contribution in [0, 0.1) is 0 Å². The van der Waals surface area contributed by atoms with Gasteiger partial charge >= 0.3 is 0 Å². The molecule has 2 aliphatic rings. The Morgan fingerprint density at radius 3 is 2.78 bits per heavy atom. The Kier molecular flexibility index (Phi) is 4.51. The fraction of sp³-hybridized carbons (Fsp3) is 0.450. The zero-order valence-electron chi connectivity index (χ0n) is 15.3. The molecule has 2 aliphatic heterocycles. The Hall–Kier alpha value is -2.09. The van der Waals surface area contributed by atoms with Crippen molar-refractivity contribution in [1.29, 1.82) is 0 Å². The van der Waals surface area contributed by atoms with Crippen molar-refractivity contribution >= 4 is 27.4 Å². The summed E-state index contributed by atoms with van der Waals surface area (Å²) in [6.07, 6.45) is 2.25. The Bertz CT molecular complexity index is 937. The second kappa shape index (κ2) is 7.14. The molecule has 3 N–H and O–H groups in total. The lowest BCUT2D eigenvalue weighted by atomic mass is 10.1. The van der Waals surface area contributed by atoms with E-state index in [9.17, 15) is 5.11 Å². The van der Waals surface area contributed by atoms with Gasteiger partial charge in [-0.25, -0.2) is 4.98 Å². The minimum Gasteiger partial charge on any atom is -0.506 e. The summed E-state index contributed by atoms with van der Waals surface area (Å²) < 4.78 is 2.27. The highest BCUT2D eigenvalue weighted by Crippen LogP contribution is 2.39. The molecule has 0 unspecified atom stereocenters. The topological polar surface area (TPSA) is 65.4 Å². The Labute approximate surface area is 162 Å². The summed E-state index contributed by atoms with van der Waals surface area (Å²) in [6, 6.07) is 10.4. The van der Waals surface area contributed by atoms with E-state index >= 15 is 0 Å². The quantitative estimate of drug-likeness (QED) is 0.649. The van der Waals surface area contributed by atoms with Crippen molar-refractivity contribution in [3.63, 3.8) is 0 Å². The van der Waals surface area contributed by atoms with Crippen molar-refractivity contribution in [2.45, 2.75) is 18.9 Å². The van der Waals surface area contributed by atoms with Crippen molar-refractivity contribution in [1.82, 2.24) is 20.2 Å². The van der Waals surface area contributed by atoms with E-state index in [-0.39, 0.29) is 0 Å². The molecule has 4 heterocycles. The zero-order chi connectivity index (χ0) is 18.2. The smallest absolute Gasteiger partial charge is 0.151 e. The monoisotopic (exact) mass is 383 g/mol. The number of benzene rings is 1. The number of anilines is 1. The number of rotatable bonds is 3. The standard InChI is InChI=1S/C20H25N5OS/c26-16-5-1-4-15-19(16)25(14-3-2-8-22-13-14)20(23-15)17-6-7-18(27-17)24-11-9-21-10-12-24/h1,4-7,14,21-22,26H,2-3,8-13H2/t14-/m0/s1. The largest absolute Gasteiger partial charge is 0.506 e. The SMILES string of the molecule is Oc1cccc2nc(-c3ccc(N4CCNCC4)s3)n([C@H]3CCCNC3)c12. The predicted molar refractivity (Wildman–Crippen MR) is 111 cm³/mol. The number of phenolic OH excluding ortho intramolecular Hbond substituents is 1.